The molecule has 1 N–H and O–H groups in total. The van der Waals surface area contributed by atoms with Crippen LogP contribution >= 0.6 is 11.8 Å². The number of benzene rings is 1. The average molecular weight is 296 g/mol. The number of rotatable bonds is 6. The minimum absolute atomic E-state index is 0.0372. The lowest BCUT2D eigenvalue weighted by Crippen LogP contribution is -2.20. The van der Waals surface area contributed by atoms with Gasteiger partial charge in [0.25, 0.3) is 0 Å². The van der Waals surface area contributed by atoms with Gasteiger partial charge in [-0.25, -0.2) is 0 Å². The molecule has 2 rings (SSSR count). The highest BCUT2D eigenvalue weighted by Crippen LogP contribution is 2.35. The first-order chi connectivity index (χ1) is 9.72. The van der Waals surface area contributed by atoms with Crippen LogP contribution in [-0.4, -0.2) is 29.1 Å². The number of thioether (sulfide) groups is 1. The Kier molecular flexibility index (Phi) is 5.52. The summed E-state index contributed by atoms with van der Waals surface area (Å²) in [5.74, 6) is 1.52. The van der Waals surface area contributed by atoms with Gasteiger partial charge >= 0.3 is 5.69 Å². The standard InChI is InChI=1S/C14H20N2O3S/c1-2-19-13-8-5-7-12(14(13)16(17)18)15-10-11-6-3-4-9-20-11/h5,7-8,11,15H,2-4,6,9-10H2,1H3. The van der Waals surface area contributed by atoms with Gasteiger partial charge in [0.2, 0.25) is 0 Å². The molecule has 1 aromatic carbocycles. The van der Waals surface area contributed by atoms with Crippen LogP contribution in [0.2, 0.25) is 0 Å². The molecule has 1 fully saturated rings. The lowest BCUT2D eigenvalue weighted by molar-refractivity contribution is -0.384. The molecule has 5 nitrogen and oxygen atoms in total. The maximum absolute atomic E-state index is 11.2. The minimum Gasteiger partial charge on any atom is -0.487 e. The molecule has 1 heterocycles. The summed E-state index contributed by atoms with van der Waals surface area (Å²) in [5, 5.41) is 15.0. The predicted molar refractivity (Wildman–Crippen MR) is 82.9 cm³/mol. The van der Waals surface area contributed by atoms with Crippen molar-refractivity contribution in [3.63, 3.8) is 0 Å². The van der Waals surface area contributed by atoms with E-state index in [1.165, 1.54) is 25.0 Å². The second-order valence-corrected chi connectivity index (χ2v) is 6.12. The van der Waals surface area contributed by atoms with E-state index >= 15 is 0 Å². The zero-order valence-electron chi connectivity index (χ0n) is 11.6. The minimum atomic E-state index is -0.374. The number of anilines is 1. The molecule has 110 valence electrons. The monoisotopic (exact) mass is 296 g/mol. The van der Waals surface area contributed by atoms with Crippen molar-refractivity contribution >= 4 is 23.1 Å². The molecule has 1 aromatic rings. The van der Waals surface area contributed by atoms with Gasteiger partial charge in [0.15, 0.2) is 5.75 Å². The van der Waals surface area contributed by atoms with Crippen LogP contribution in [0.3, 0.4) is 0 Å². The van der Waals surface area contributed by atoms with Crippen LogP contribution in [0.15, 0.2) is 18.2 Å². The molecule has 0 amide bonds. The Bertz CT molecular complexity index is 462. The number of nitrogens with zero attached hydrogens (tertiary/aromatic N) is 1. The van der Waals surface area contributed by atoms with Crippen molar-refractivity contribution in [2.24, 2.45) is 0 Å². The van der Waals surface area contributed by atoms with E-state index in [2.05, 4.69) is 5.32 Å². The molecule has 1 saturated heterocycles. The normalized spacial score (nSPS) is 18.6. The van der Waals surface area contributed by atoms with Crippen LogP contribution in [0.1, 0.15) is 26.2 Å². The van der Waals surface area contributed by atoms with Gasteiger partial charge in [0.05, 0.1) is 11.5 Å². The number of para-hydroxylation sites is 1. The van der Waals surface area contributed by atoms with Gasteiger partial charge in [0.1, 0.15) is 5.69 Å². The van der Waals surface area contributed by atoms with Crippen molar-refractivity contribution in [1.82, 2.24) is 0 Å². The Morgan fingerprint density at radius 3 is 3.00 bits per heavy atom. The highest BCUT2D eigenvalue weighted by atomic mass is 32.2. The van der Waals surface area contributed by atoms with Gasteiger partial charge in [0, 0.05) is 11.8 Å². The van der Waals surface area contributed by atoms with Gasteiger partial charge in [-0.15, -0.1) is 0 Å². The van der Waals surface area contributed by atoms with Crippen molar-refractivity contribution in [2.75, 3.05) is 24.2 Å². The van der Waals surface area contributed by atoms with Gasteiger partial charge in [-0.2, -0.15) is 11.8 Å². The average Bonchev–Trinajstić information content (AvgIpc) is 2.46. The molecule has 0 spiro atoms. The highest BCUT2D eigenvalue weighted by molar-refractivity contribution is 7.99. The van der Waals surface area contributed by atoms with Crippen molar-refractivity contribution in [3.05, 3.63) is 28.3 Å². The van der Waals surface area contributed by atoms with Crippen LogP contribution in [0.4, 0.5) is 11.4 Å². The van der Waals surface area contributed by atoms with E-state index in [1.807, 2.05) is 18.7 Å². The fourth-order valence-corrected chi connectivity index (χ4v) is 3.56. The topological polar surface area (TPSA) is 64.4 Å². The summed E-state index contributed by atoms with van der Waals surface area (Å²) in [6.07, 6.45) is 3.71. The third kappa shape index (κ3) is 3.79. The van der Waals surface area contributed by atoms with Crippen molar-refractivity contribution in [2.45, 2.75) is 31.4 Å². The van der Waals surface area contributed by atoms with Gasteiger partial charge < -0.3 is 10.1 Å². The summed E-state index contributed by atoms with van der Waals surface area (Å²) >= 11 is 1.95. The summed E-state index contributed by atoms with van der Waals surface area (Å²) in [4.78, 5) is 10.9. The van der Waals surface area contributed by atoms with E-state index in [0.717, 1.165) is 6.54 Å². The molecule has 1 aliphatic rings. The second-order valence-electron chi connectivity index (χ2n) is 4.71. The Balaban J connectivity index is 2.09. The fourth-order valence-electron chi connectivity index (χ4n) is 2.32. The Labute approximate surface area is 123 Å². The third-order valence-electron chi connectivity index (χ3n) is 3.28. The molecular formula is C14H20N2O3S. The summed E-state index contributed by atoms with van der Waals surface area (Å²) < 4.78 is 5.34. The first-order valence-electron chi connectivity index (χ1n) is 6.98. The van der Waals surface area contributed by atoms with Crippen molar-refractivity contribution in [1.29, 1.82) is 0 Å². The number of nitro groups is 1. The molecule has 0 aliphatic carbocycles. The van der Waals surface area contributed by atoms with Gasteiger partial charge in [-0.1, -0.05) is 12.5 Å². The first-order valence-corrected chi connectivity index (χ1v) is 8.03. The third-order valence-corrected chi connectivity index (χ3v) is 4.67. The van der Waals surface area contributed by atoms with E-state index in [4.69, 9.17) is 4.74 Å². The lowest BCUT2D eigenvalue weighted by atomic mass is 10.2. The zero-order valence-corrected chi connectivity index (χ0v) is 12.4. The van der Waals surface area contributed by atoms with E-state index in [-0.39, 0.29) is 10.6 Å². The van der Waals surface area contributed by atoms with Crippen LogP contribution in [0.5, 0.6) is 5.75 Å². The number of hydrogen-bond donors (Lipinski definition) is 1. The smallest absolute Gasteiger partial charge is 0.333 e. The van der Waals surface area contributed by atoms with Crippen LogP contribution in [0.25, 0.3) is 0 Å². The molecule has 0 bridgehead atoms. The predicted octanol–water partition coefficient (Wildman–Crippen LogP) is 3.69. The molecule has 0 radical (unpaired) electrons. The van der Waals surface area contributed by atoms with Crippen LogP contribution in [0, 0.1) is 10.1 Å². The van der Waals surface area contributed by atoms with Crippen LogP contribution < -0.4 is 10.1 Å². The quantitative estimate of drug-likeness (QED) is 0.640. The molecule has 1 aliphatic heterocycles. The second kappa shape index (κ2) is 7.38. The SMILES string of the molecule is CCOc1cccc(NCC2CCCCS2)c1[N+](=O)[O-]. The Morgan fingerprint density at radius 2 is 2.35 bits per heavy atom. The first kappa shape index (κ1) is 15.0. The number of nitro benzene ring substituents is 1. The van der Waals surface area contributed by atoms with Crippen molar-refractivity contribution in [3.8, 4) is 5.75 Å². The maximum Gasteiger partial charge on any atom is 0.333 e. The summed E-state index contributed by atoms with van der Waals surface area (Å²) in [6.45, 7) is 3.01. The molecular weight excluding hydrogens is 276 g/mol. The molecule has 0 saturated carbocycles. The molecule has 6 heteroatoms. The Morgan fingerprint density at radius 1 is 1.50 bits per heavy atom. The maximum atomic E-state index is 11.2. The van der Waals surface area contributed by atoms with E-state index < -0.39 is 0 Å². The van der Waals surface area contributed by atoms with Crippen LogP contribution in [-0.2, 0) is 0 Å². The lowest BCUT2D eigenvalue weighted by Gasteiger charge is -2.22. The van der Waals surface area contributed by atoms with Gasteiger partial charge in [-0.3, -0.25) is 10.1 Å². The summed E-state index contributed by atoms with van der Waals surface area (Å²) in [7, 11) is 0. The van der Waals surface area contributed by atoms with E-state index in [9.17, 15) is 10.1 Å². The molecule has 1 unspecified atom stereocenters. The van der Waals surface area contributed by atoms with E-state index in [0.29, 0.717) is 23.3 Å². The highest BCUT2D eigenvalue weighted by Gasteiger charge is 2.22. The Hall–Kier alpha value is -1.43. The molecule has 20 heavy (non-hydrogen) atoms. The number of hydrogen-bond acceptors (Lipinski definition) is 5. The van der Waals surface area contributed by atoms with Crippen molar-refractivity contribution < 1.29 is 9.66 Å². The fraction of sp³-hybridized carbons (Fsp3) is 0.571. The summed E-state index contributed by atoms with van der Waals surface area (Å²) in [5.41, 5.74) is 0.585. The molecule has 1 atom stereocenters. The van der Waals surface area contributed by atoms with E-state index in [1.54, 1.807) is 18.2 Å². The number of nitrogens with one attached hydrogen (secondary N) is 1. The summed E-state index contributed by atoms with van der Waals surface area (Å²) in [6, 6.07) is 5.17. The molecule has 0 aromatic heterocycles. The van der Waals surface area contributed by atoms with Gasteiger partial charge in [-0.05, 0) is 37.7 Å². The largest absolute Gasteiger partial charge is 0.487 e. The zero-order chi connectivity index (χ0) is 14.4. The number of ether oxygens (including phenoxy) is 1.